The second-order valence-corrected chi connectivity index (χ2v) is 9.64. The third-order valence-corrected chi connectivity index (χ3v) is 6.69. The first-order valence-electron chi connectivity index (χ1n) is 10.7. The third kappa shape index (κ3) is 6.75. The molecule has 35 heavy (non-hydrogen) atoms. The van der Waals surface area contributed by atoms with Crippen molar-refractivity contribution in [2.75, 3.05) is 10.0 Å². The summed E-state index contributed by atoms with van der Waals surface area (Å²) >= 11 is 0. The third-order valence-electron chi connectivity index (χ3n) is 5.29. The van der Waals surface area contributed by atoms with Gasteiger partial charge in [-0.2, -0.15) is 13.2 Å². The number of benzene rings is 3. The van der Waals surface area contributed by atoms with E-state index in [0.717, 1.165) is 23.3 Å². The number of hydrogen-bond donors (Lipinski definition) is 2. The van der Waals surface area contributed by atoms with E-state index in [4.69, 9.17) is 4.74 Å². The smallest absolute Gasteiger partial charge is 0.416 e. The molecule has 3 rings (SSSR count). The summed E-state index contributed by atoms with van der Waals surface area (Å²) in [4.78, 5) is 12.5. The number of carbonyl (C=O) groups excluding carboxylic acids is 1. The maximum Gasteiger partial charge on any atom is 0.416 e. The lowest BCUT2D eigenvalue weighted by atomic mass is 10.1. The largest absolute Gasteiger partial charge is 0.481 e. The van der Waals surface area contributed by atoms with E-state index in [1.54, 1.807) is 13.0 Å². The Bertz CT molecular complexity index is 1310. The molecule has 3 aromatic rings. The van der Waals surface area contributed by atoms with Crippen LogP contribution in [0, 0.1) is 13.8 Å². The van der Waals surface area contributed by atoms with Crippen LogP contribution >= 0.6 is 0 Å². The van der Waals surface area contributed by atoms with Crippen molar-refractivity contribution in [2.24, 2.45) is 0 Å². The van der Waals surface area contributed by atoms with Crippen molar-refractivity contribution in [1.82, 2.24) is 0 Å². The molecule has 3 aromatic carbocycles. The molecule has 0 fully saturated rings. The minimum Gasteiger partial charge on any atom is -0.481 e. The zero-order chi connectivity index (χ0) is 25.8. The first-order valence-corrected chi connectivity index (χ1v) is 12.2. The van der Waals surface area contributed by atoms with E-state index >= 15 is 0 Å². The van der Waals surface area contributed by atoms with Gasteiger partial charge in [0.1, 0.15) is 5.75 Å². The van der Waals surface area contributed by atoms with Crippen molar-refractivity contribution in [2.45, 2.75) is 44.4 Å². The van der Waals surface area contributed by atoms with Gasteiger partial charge < -0.3 is 10.1 Å². The lowest BCUT2D eigenvalue weighted by molar-refractivity contribution is -0.137. The van der Waals surface area contributed by atoms with Crippen LogP contribution in [-0.4, -0.2) is 20.4 Å². The van der Waals surface area contributed by atoms with Crippen LogP contribution in [0.5, 0.6) is 5.75 Å². The van der Waals surface area contributed by atoms with Crippen LogP contribution in [0.4, 0.5) is 24.5 Å². The van der Waals surface area contributed by atoms with Crippen LogP contribution < -0.4 is 14.8 Å². The van der Waals surface area contributed by atoms with Gasteiger partial charge in [-0.1, -0.05) is 19.1 Å². The fourth-order valence-corrected chi connectivity index (χ4v) is 4.24. The van der Waals surface area contributed by atoms with E-state index in [1.807, 2.05) is 26.0 Å². The summed E-state index contributed by atoms with van der Waals surface area (Å²) in [5.41, 5.74) is 1.30. The molecule has 1 unspecified atom stereocenters. The van der Waals surface area contributed by atoms with Gasteiger partial charge in [0.25, 0.3) is 15.9 Å². The van der Waals surface area contributed by atoms with E-state index in [2.05, 4.69) is 10.0 Å². The maximum absolute atomic E-state index is 12.9. The molecule has 6 nitrogen and oxygen atoms in total. The van der Waals surface area contributed by atoms with Gasteiger partial charge in [-0.3, -0.25) is 9.52 Å². The molecule has 0 saturated carbocycles. The normalized spacial score (nSPS) is 12.6. The van der Waals surface area contributed by atoms with Gasteiger partial charge in [0.2, 0.25) is 0 Å². The lowest BCUT2D eigenvalue weighted by Gasteiger charge is -2.18. The van der Waals surface area contributed by atoms with Crippen molar-refractivity contribution in [3.8, 4) is 5.75 Å². The summed E-state index contributed by atoms with van der Waals surface area (Å²) in [6.45, 7) is 5.73. The van der Waals surface area contributed by atoms with E-state index < -0.39 is 33.8 Å². The molecule has 0 aliphatic carbocycles. The number of rotatable bonds is 8. The highest BCUT2D eigenvalue weighted by atomic mass is 32.2. The van der Waals surface area contributed by atoms with Gasteiger partial charge in [0.15, 0.2) is 6.10 Å². The van der Waals surface area contributed by atoms with Crippen LogP contribution in [0.3, 0.4) is 0 Å². The average Bonchev–Trinajstić information content (AvgIpc) is 2.79. The van der Waals surface area contributed by atoms with E-state index in [1.165, 1.54) is 30.3 Å². The first kappa shape index (κ1) is 26.1. The fourth-order valence-electron chi connectivity index (χ4n) is 3.19. The standard InChI is InChI=1S/C25H25F3N2O4S/c1-4-23(34-21-11-8-16(2)17(3)14-21)24(31)29-19-9-12-22(13-10-19)35(32,33)30-20-7-5-6-18(15-20)25(26,27)28/h5-15,23,30H,4H2,1-3H3,(H,29,31). The monoisotopic (exact) mass is 506 g/mol. The van der Waals surface area contributed by atoms with Crippen LogP contribution in [0.2, 0.25) is 0 Å². The van der Waals surface area contributed by atoms with Gasteiger partial charge >= 0.3 is 6.18 Å². The SMILES string of the molecule is CCC(Oc1ccc(C)c(C)c1)C(=O)Nc1ccc(S(=O)(=O)Nc2cccc(C(F)(F)F)c2)cc1. The Labute approximate surface area is 202 Å². The van der Waals surface area contributed by atoms with Crippen LogP contribution in [0.1, 0.15) is 30.0 Å². The molecule has 0 spiro atoms. The molecule has 186 valence electrons. The number of ether oxygens (including phenoxy) is 1. The van der Waals surface area contributed by atoms with Crippen LogP contribution in [0.15, 0.2) is 71.6 Å². The minimum absolute atomic E-state index is 0.175. The molecule has 0 radical (unpaired) electrons. The quantitative estimate of drug-likeness (QED) is 0.397. The molecule has 0 aliphatic rings. The number of carbonyl (C=O) groups is 1. The van der Waals surface area contributed by atoms with Crippen molar-refractivity contribution in [3.05, 3.63) is 83.4 Å². The highest BCUT2D eigenvalue weighted by Crippen LogP contribution is 2.31. The zero-order valence-corrected chi connectivity index (χ0v) is 20.1. The van der Waals surface area contributed by atoms with E-state index in [9.17, 15) is 26.4 Å². The summed E-state index contributed by atoms with van der Waals surface area (Å²) in [6, 6.07) is 14.7. The summed E-state index contributed by atoms with van der Waals surface area (Å²) in [5.74, 6) is 0.167. The molecule has 0 aliphatic heterocycles. The Balaban J connectivity index is 1.68. The molecule has 0 saturated heterocycles. The number of aryl methyl sites for hydroxylation is 2. The molecule has 1 amide bonds. The molecule has 10 heteroatoms. The van der Waals surface area contributed by atoms with Crippen molar-refractivity contribution in [1.29, 1.82) is 0 Å². The minimum atomic E-state index is -4.60. The highest BCUT2D eigenvalue weighted by molar-refractivity contribution is 7.92. The number of halogens is 3. The number of amides is 1. The number of hydrogen-bond acceptors (Lipinski definition) is 4. The Morgan fingerprint density at radius 1 is 0.943 bits per heavy atom. The molecule has 1 atom stereocenters. The van der Waals surface area contributed by atoms with Gasteiger partial charge in [-0.25, -0.2) is 8.42 Å². The van der Waals surface area contributed by atoms with Crippen molar-refractivity contribution >= 4 is 27.3 Å². The maximum atomic E-state index is 12.9. The second-order valence-electron chi connectivity index (χ2n) is 7.96. The number of nitrogens with one attached hydrogen (secondary N) is 2. The molecular formula is C25H25F3N2O4S. The lowest BCUT2D eigenvalue weighted by Crippen LogP contribution is -2.32. The summed E-state index contributed by atoms with van der Waals surface area (Å²) in [5, 5.41) is 2.69. The van der Waals surface area contributed by atoms with Crippen LogP contribution in [-0.2, 0) is 21.0 Å². The van der Waals surface area contributed by atoms with Gasteiger partial charge in [-0.05, 0) is 86.0 Å². The Kier molecular flexibility index (Phi) is 7.74. The summed E-state index contributed by atoms with van der Waals surface area (Å²) < 4.78 is 71.8. The molecule has 2 N–H and O–H groups in total. The van der Waals surface area contributed by atoms with Crippen molar-refractivity contribution in [3.63, 3.8) is 0 Å². The zero-order valence-electron chi connectivity index (χ0n) is 19.3. The average molecular weight is 507 g/mol. The van der Waals surface area contributed by atoms with Crippen LogP contribution in [0.25, 0.3) is 0 Å². The first-order chi connectivity index (χ1) is 16.4. The second kappa shape index (κ2) is 10.4. The molecule has 0 heterocycles. The number of alkyl halides is 3. The Morgan fingerprint density at radius 2 is 1.63 bits per heavy atom. The highest BCUT2D eigenvalue weighted by Gasteiger charge is 2.30. The van der Waals surface area contributed by atoms with Crippen molar-refractivity contribution < 1.29 is 31.1 Å². The summed E-state index contributed by atoms with van der Waals surface area (Å²) in [7, 11) is -4.14. The van der Waals surface area contributed by atoms with Gasteiger partial charge in [-0.15, -0.1) is 0 Å². The molecule has 0 bridgehead atoms. The number of anilines is 2. The Morgan fingerprint density at radius 3 is 2.23 bits per heavy atom. The predicted molar refractivity (Wildman–Crippen MR) is 128 cm³/mol. The van der Waals surface area contributed by atoms with Gasteiger partial charge in [0, 0.05) is 11.4 Å². The topological polar surface area (TPSA) is 84.5 Å². The molecular weight excluding hydrogens is 481 g/mol. The predicted octanol–water partition coefficient (Wildman–Crippen LogP) is 5.92. The molecule has 0 aromatic heterocycles. The fraction of sp³-hybridized carbons (Fsp3) is 0.240. The Hall–Kier alpha value is -3.53. The van der Waals surface area contributed by atoms with E-state index in [0.29, 0.717) is 23.9 Å². The van der Waals surface area contributed by atoms with E-state index in [-0.39, 0.29) is 10.6 Å². The number of sulfonamides is 1. The summed E-state index contributed by atoms with van der Waals surface area (Å²) in [6.07, 6.45) is -4.95. The van der Waals surface area contributed by atoms with Gasteiger partial charge in [0.05, 0.1) is 10.5 Å².